The molecule has 0 bridgehead atoms. The third-order valence-corrected chi connectivity index (χ3v) is 2.75. The first-order chi connectivity index (χ1) is 10.1. The summed E-state index contributed by atoms with van der Waals surface area (Å²) in [7, 11) is 0. The molecule has 0 heterocycles. The fourth-order valence-corrected chi connectivity index (χ4v) is 1.69. The number of benzene rings is 1. The zero-order chi connectivity index (χ0) is 16.9. The molecule has 2 N–H and O–H groups in total. The molecule has 0 fully saturated rings. The smallest absolute Gasteiger partial charge is 0.251 e. The number of hydrogen-bond donors (Lipinski definition) is 2. The monoisotopic (exact) mass is 302 g/mol. The molecule has 0 radical (unpaired) electrons. The zero-order valence-corrected chi connectivity index (χ0v) is 13.6. The number of carbonyl (C=O) groups is 3. The molecule has 118 valence electrons. The van der Waals surface area contributed by atoms with Crippen molar-refractivity contribution >= 4 is 23.3 Å². The molecule has 22 heavy (non-hydrogen) atoms. The number of hydrogen-bond acceptors (Lipinski definition) is 3. The quantitative estimate of drug-likeness (QED) is 0.663. The summed E-state index contributed by atoms with van der Waals surface area (Å²) in [6.07, 6.45) is 1.27. The van der Waals surface area contributed by atoms with E-state index in [2.05, 4.69) is 10.6 Å². The second-order valence-electron chi connectivity index (χ2n) is 6.15. The summed E-state index contributed by atoms with van der Waals surface area (Å²) in [5.74, 6) is -0.709. The fourth-order valence-electron chi connectivity index (χ4n) is 1.69. The molecular formula is C17H22N2O3. The van der Waals surface area contributed by atoms with Crippen molar-refractivity contribution < 1.29 is 14.4 Å². The molecule has 0 aliphatic rings. The number of amides is 2. The lowest BCUT2D eigenvalue weighted by molar-refractivity contribution is -0.118. The van der Waals surface area contributed by atoms with Crippen molar-refractivity contribution in [1.29, 1.82) is 0 Å². The zero-order valence-electron chi connectivity index (χ0n) is 13.6. The van der Waals surface area contributed by atoms with E-state index in [4.69, 9.17) is 0 Å². The molecule has 2 amide bonds. The first-order valence-electron chi connectivity index (χ1n) is 7.01. The Morgan fingerprint density at radius 1 is 1.00 bits per heavy atom. The van der Waals surface area contributed by atoms with Crippen LogP contribution < -0.4 is 10.6 Å². The highest BCUT2D eigenvalue weighted by molar-refractivity contribution is 6.07. The largest absolute Gasteiger partial charge is 0.348 e. The highest BCUT2D eigenvalue weighted by atomic mass is 16.2. The molecule has 1 aromatic carbocycles. The normalized spacial score (nSPS) is 11.8. The molecule has 0 saturated carbocycles. The van der Waals surface area contributed by atoms with Gasteiger partial charge in [-0.15, -0.1) is 0 Å². The van der Waals surface area contributed by atoms with Gasteiger partial charge in [-0.2, -0.15) is 0 Å². The van der Waals surface area contributed by atoms with Crippen molar-refractivity contribution in [2.45, 2.75) is 40.2 Å². The van der Waals surface area contributed by atoms with E-state index in [0.717, 1.165) is 0 Å². The van der Waals surface area contributed by atoms with Gasteiger partial charge in [-0.1, -0.05) is 0 Å². The Labute approximate surface area is 130 Å². The highest BCUT2D eigenvalue weighted by Crippen LogP contribution is 2.11. The molecule has 1 aromatic rings. The SMILES string of the molecule is CC(=O)c1ccc(NC(=O)/C(C)=C\C(=O)NC(C)(C)C)cc1. The van der Waals surface area contributed by atoms with Crippen LogP contribution in [0.1, 0.15) is 45.0 Å². The molecule has 0 saturated heterocycles. The van der Waals surface area contributed by atoms with Crippen molar-refractivity contribution in [3.8, 4) is 0 Å². The lowest BCUT2D eigenvalue weighted by Crippen LogP contribution is -2.39. The van der Waals surface area contributed by atoms with E-state index in [1.807, 2.05) is 20.8 Å². The number of rotatable bonds is 4. The summed E-state index contributed by atoms with van der Waals surface area (Å²) in [6.45, 7) is 8.65. The van der Waals surface area contributed by atoms with Crippen molar-refractivity contribution in [3.05, 3.63) is 41.5 Å². The summed E-state index contributed by atoms with van der Waals surface area (Å²) < 4.78 is 0. The van der Waals surface area contributed by atoms with Crippen LogP contribution in [0.5, 0.6) is 0 Å². The van der Waals surface area contributed by atoms with Crippen LogP contribution in [0, 0.1) is 0 Å². The van der Waals surface area contributed by atoms with E-state index in [-0.39, 0.29) is 23.1 Å². The summed E-state index contributed by atoms with van der Waals surface area (Å²) in [4.78, 5) is 34.9. The standard InChI is InChI=1S/C17H22N2O3/c1-11(10-15(21)19-17(3,4)5)16(22)18-14-8-6-13(7-9-14)12(2)20/h6-10H,1-5H3,(H,18,22)(H,19,21)/b11-10-. The fraction of sp³-hybridized carbons (Fsp3) is 0.353. The van der Waals surface area contributed by atoms with E-state index < -0.39 is 0 Å². The molecule has 0 aromatic heterocycles. The Kier molecular flexibility index (Phi) is 5.63. The van der Waals surface area contributed by atoms with Gasteiger partial charge in [-0.3, -0.25) is 14.4 Å². The van der Waals surface area contributed by atoms with Crippen molar-refractivity contribution in [2.24, 2.45) is 0 Å². The molecule has 0 spiro atoms. The number of ketones is 1. The Morgan fingerprint density at radius 2 is 1.55 bits per heavy atom. The van der Waals surface area contributed by atoms with Gasteiger partial charge in [0.05, 0.1) is 0 Å². The second kappa shape index (κ2) is 7.02. The Morgan fingerprint density at radius 3 is 2.00 bits per heavy atom. The van der Waals surface area contributed by atoms with Crippen LogP contribution in [0.4, 0.5) is 5.69 Å². The second-order valence-corrected chi connectivity index (χ2v) is 6.15. The van der Waals surface area contributed by atoms with Gasteiger partial charge in [0.25, 0.3) is 5.91 Å². The van der Waals surface area contributed by atoms with Crippen LogP contribution >= 0.6 is 0 Å². The third-order valence-electron chi connectivity index (χ3n) is 2.75. The van der Waals surface area contributed by atoms with Gasteiger partial charge < -0.3 is 10.6 Å². The van der Waals surface area contributed by atoms with Crippen LogP contribution in [-0.2, 0) is 9.59 Å². The van der Waals surface area contributed by atoms with Gasteiger partial charge in [-0.05, 0) is 58.9 Å². The lowest BCUT2D eigenvalue weighted by Gasteiger charge is -2.19. The first-order valence-corrected chi connectivity index (χ1v) is 7.01. The van der Waals surface area contributed by atoms with Crippen LogP contribution in [0.15, 0.2) is 35.9 Å². The molecule has 1 rings (SSSR count). The molecule has 5 heteroatoms. The summed E-state index contributed by atoms with van der Waals surface area (Å²) in [6, 6.07) is 6.58. The van der Waals surface area contributed by atoms with Gasteiger partial charge >= 0.3 is 0 Å². The van der Waals surface area contributed by atoms with Gasteiger partial charge in [0, 0.05) is 28.4 Å². The lowest BCUT2D eigenvalue weighted by atomic mass is 10.1. The first kappa shape index (κ1) is 17.6. The maximum absolute atomic E-state index is 12.0. The number of anilines is 1. The molecule has 5 nitrogen and oxygen atoms in total. The molecule has 0 unspecified atom stereocenters. The van der Waals surface area contributed by atoms with E-state index in [0.29, 0.717) is 16.8 Å². The summed E-state index contributed by atoms with van der Waals surface area (Å²) in [5.41, 5.74) is 1.10. The van der Waals surface area contributed by atoms with Gasteiger partial charge in [-0.25, -0.2) is 0 Å². The van der Waals surface area contributed by atoms with Crippen LogP contribution in [-0.4, -0.2) is 23.1 Å². The van der Waals surface area contributed by atoms with Gasteiger partial charge in [0.15, 0.2) is 5.78 Å². The number of nitrogens with one attached hydrogen (secondary N) is 2. The van der Waals surface area contributed by atoms with E-state index in [1.165, 1.54) is 13.0 Å². The van der Waals surface area contributed by atoms with Crippen molar-refractivity contribution in [2.75, 3.05) is 5.32 Å². The summed E-state index contributed by atoms with van der Waals surface area (Å²) >= 11 is 0. The Hall–Kier alpha value is -2.43. The number of Topliss-reactive ketones (excluding diaryl/α,β-unsaturated/α-hetero) is 1. The van der Waals surface area contributed by atoms with E-state index >= 15 is 0 Å². The van der Waals surface area contributed by atoms with Crippen LogP contribution in [0.3, 0.4) is 0 Å². The van der Waals surface area contributed by atoms with Crippen molar-refractivity contribution in [1.82, 2.24) is 5.32 Å². The summed E-state index contributed by atoms with van der Waals surface area (Å²) in [5, 5.41) is 5.43. The minimum absolute atomic E-state index is 0.0344. The average molecular weight is 302 g/mol. The third kappa shape index (κ3) is 5.91. The van der Waals surface area contributed by atoms with Crippen LogP contribution in [0.2, 0.25) is 0 Å². The minimum atomic E-state index is -0.361. The van der Waals surface area contributed by atoms with Crippen molar-refractivity contribution in [3.63, 3.8) is 0 Å². The minimum Gasteiger partial charge on any atom is -0.348 e. The van der Waals surface area contributed by atoms with E-state index in [1.54, 1.807) is 31.2 Å². The highest BCUT2D eigenvalue weighted by Gasteiger charge is 2.13. The molecule has 0 aliphatic carbocycles. The Balaban J connectivity index is 2.71. The topological polar surface area (TPSA) is 75.3 Å². The predicted octanol–water partition coefficient (Wildman–Crippen LogP) is 2.69. The number of carbonyl (C=O) groups excluding carboxylic acids is 3. The van der Waals surface area contributed by atoms with E-state index in [9.17, 15) is 14.4 Å². The average Bonchev–Trinajstić information content (AvgIpc) is 2.36. The van der Waals surface area contributed by atoms with Gasteiger partial charge in [0.1, 0.15) is 0 Å². The van der Waals surface area contributed by atoms with Crippen LogP contribution in [0.25, 0.3) is 0 Å². The maximum atomic E-state index is 12.0. The molecule has 0 atom stereocenters. The Bertz CT molecular complexity index is 608. The maximum Gasteiger partial charge on any atom is 0.251 e. The molecule has 0 aliphatic heterocycles. The predicted molar refractivity (Wildman–Crippen MR) is 86.7 cm³/mol. The van der Waals surface area contributed by atoms with Gasteiger partial charge in [0.2, 0.25) is 5.91 Å². The molecular weight excluding hydrogens is 280 g/mol.